The predicted molar refractivity (Wildman–Crippen MR) is 84.3 cm³/mol. The van der Waals surface area contributed by atoms with Gasteiger partial charge in [-0.25, -0.2) is 0 Å². The highest BCUT2D eigenvalue weighted by Crippen LogP contribution is 2.28. The Morgan fingerprint density at radius 2 is 1.78 bits per heavy atom. The van der Waals surface area contributed by atoms with Crippen LogP contribution in [0.2, 0.25) is 0 Å². The normalized spacial score (nSPS) is 11.3. The number of nitrogens with two attached hydrogens (primary N) is 1. The molecule has 0 aromatic heterocycles. The molecule has 0 amide bonds. The van der Waals surface area contributed by atoms with Gasteiger partial charge in [0.05, 0.1) is 0 Å². The zero-order valence-corrected chi connectivity index (χ0v) is 12.7. The molecule has 0 aliphatic carbocycles. The summed E-state index contributed by atoms with van der Waals surface area (Å²) >= 11 is 5.13. The number of thiocarbonyl (C=S) groups is 1. The standard InChI is InChI=1S/C15H24N2S/c1-5-15(6-2,7-3)17-13-10-11(4)8-9-12(13)14(16)18/h8-10,17H,5-7H2,1-4H3,(H2,16,18). The molecule has 0 atom stereocenters. The first-order valence-electron chi connectivity index (χ1n) is 6.66. The Labute approximate surface area is 116 Å². The van der Waals surface area contributed by atoms with E-state index in [1.54, 1.807) is 0 Å². The molecule has 18 heavy (non-hydrogen) atoms. The van der Waals surface area contributed by atoms with Gasteiger partial charge in [0.1, 0.15) is 4.99 Å². The van der Waals surface area contributed by atoms with E-state index in [0.29, 0.717) is 4.99 Å². The van der Waals surface area contributed by atoms with Crippen LogP contribution in [-0.4, -0.2) is 10.5 Å². The number of nitrogens with one attached hydrogen (secondary N) is 1. The third kappa shape index (κ3) is 3.22. The lowest BCUT2D eigenvalue weighted by Crippen LogP contribution is -2.37. The third-order valence-electron chi connectivity index (χ3n) is 3.87. The fourth-order valence-electron chi connectivity index (χ4n) is 2.28. The first-order valence-corrected chi connectivity index (χ1v) is 7.07. The van der Waals surface area contributed by atoms with Crippen LogP contribution in [0, 0.1) is 6.92 Å². The molecule has 0 bridgehead atoms. The molecule has 100 valence electrons. The quantitative estimate of drug-likeness (QED) is 0.762. The fourth-order valence-corrected chi connectivity index (χ4v) is 2.46. The number of benzene rings is 1. The van der Waals surface area contributed by atoms with Crippen molar-refractivity contribution >= 4 is 22.9 Å². The molecule has 0 heterocycles. The molecular weight excluding hydrogens is 240 g/mol. The molecule has 0 radical (unpaired) electrons. The van der Waals surface area contributed by atoms with Gasteiger partial charge < -0.3 is 11.1 Å². The van der Waals surface area contributed by atoms with Crippen molar-refractivity contribution in [1.82, 2.24) is 0 Å². The summed E-state index contributed by atoms with van der Waals surface area (Å²) in [5.41, 5.74) is 9.15. The van der Waals surface area contributed by atoms with Gasteiger partial charge in [-0.15, -0.1) is 0 Å². The molecule has 3 heteroatoms. The minimum atomic E-state index is 0.132. The number of anilines is 1. The molecule has 0 saturated heterocycles. The van der Waals surface area contributed by atoms with Crippen LogP contribution in [0.15, 0.2) is 18.2 Å². The van der Waals surface area contributed by atoms with E-state index >= 15 is 0 Å². The van der Waals surface area contributed by atoms with Crippen molar-refractivity contribution < 1.29 is 0 Å². The molecule has 1 aromatic carbocycles. The monoisotopic (exact) mass is 264 g/mol. The van der Waals surface area contributed by atoms with Crippen LogP contribution in [0.4, 0.5) is 5.69 Å². The minimum absolute atomic E-state index is 0.132. The van der Waals surface area contributed by atoms with Gasteiger partial charge in [-0.05, 0) is 43.9 Å². The van der Waals surface area contributed by atoms with Crippen molar-refractivity contribution in [3.63, 3.8) is 0 Å². The van der Waals surface area contributed by atoms with E-state index in [0.717, 1.165) is 30.5 Å². The second-order valence-corrected chi connectivity index (χ2v) is 5.32. The Morgan fingerprint density at radius 1 is 1.22 bits per heavy atom. The number of hydrogen-bond donors (Lipinski definition) is 2. The summed E-state index contributed by atoms with van der Waals surface area (Å²) in [6.07, 6.45) is 3.26. The lowest BCUT2D eigenvalue weighted by atomic mass is 9.89. The van der Waals surface area contributed by atoms with Gasteiger partial charge in [0.2, 0.25) is 0 Å². The van der Waals surface area contributed by atoms with Gasteiger partial charge in [-0.1, -0.05) is 39.1 Å². The molecule has 0 aliphatic rings. The SMILES string of the molecule is CCC(CC)(CC)Nc1cc(C)ccc1C(N)=S. The van der Waals surface area contributed by atoms with Crippen LogP contribution in [0.25, 0.3) is 0 Å². The third-order valence-corrected chi connectivity index (χ3v) is 4.09. The summed E-state index contributed by atoms with van der Waals surface area (Å²) in [6.45, 7) is 8.74. The molecule has 0 unspecified atom stereocenters. The molecule has 1 rings (SSSR count). The van der Waals surface area contributed by atoms with E-state index < -0.39 is 0 Å². The molecule has 0 saturated carbocycles. The zero-order chi connectivity index (χ0) is 13.8. The number of hydrogen-bond acceptors (Lipinski definition) is 2. The van der Waals surface area contributed by atoms with Crippen LogP contribution < -0.4 is 11.1 Å². The van der Waals surface area contributed by atoms with Crippen molar-refractivity contribution in [1.29, 1.82) is 0 Å². The number of aryl methyl sites for hydroxylation is 1. The van der Waals surface area contributed by atoms with Crippen LogP contribution in [0.5, 0.6) is 0 Å². The van der Waals surface area contributed by atoms with E-state index in [1.165, 1.54) is 5.56 Å². The number of rotatable bonds is 6. The Kier molecular flexibility index (Phi) is 5.15. The van der Waals surface area contributed by atoms with E-state index in [2.05, 4.69) is 39.1 Å². The van der Waals surface area contributed by atoms with Gasteiger partial charge in [-0.3, -0.25) is 0 Å². The first-order chi connectivity index (χ1) is 8.48. The topological polar surface area (TPSA) is 38.0 Å². The first kappa shape index (κ1) is 15.0. The van der Waals surface area contributed by atoms with E-state index in [1.807, 2.05) is 12.1 Å². The van der Waals surface area contributed by atoms with E-state index in [4.69, 9.17) is 18.0 Å². The molecule has 3 N–H and O–H groups in total. The van der Waals surface area contributed by atoms with Crippen LogP contribution >= 0.6 is 12.2 Å². The highest BCUT2D eigenvalue weighted by Gasteiger charge is 2.24. The van der Waals surface area contributed by atoms with Crippen molar-refractivity contribution in [2.45, 2.75) is 52.5 Å². The van der Waals surface area contributed by atoms with Crippen LogP contribution in [0.3, 0.4) is 0 Å². The lowest BCUT2D eigenvalue weighted by molar-refractivity contribution is 0.420. The largest absolute Gasteiger partial charge is 0.389 e. The highest BCUT2D eigenvalue weighted by atomic mass is 32.1. The molecule has 0 aliphatic heterocycles. The van der Waals surface area contributed by atoms with E-state index in [9.17, 15) is 0 Å². The second-order valence-electron chi connectivity index (χ2n) is 4.88. The highest BCUT2D eigenvalue weighted by molar-refractivity contribution is 7.80. The summed E-state index contributed by atoms with van der Waals surface area (Å²) in [6, 6.07) is 6.18. The van der Waals surface area contributed by atoms with Crippen molar-refractivity contribution in [3.8, 4) is 0 Å². The maximum Gasteiger partial charge on any atom is 0.106 e. The maximum atomic E-state index is 5.80. The summed E-state index contributed by atoms with van der Waals surface area (Å²) in [7, 11) is 0. The van der Waals surface area contributed by atoms with Gasteiger partial charge >= 0.3 is 0 Å². The summed E-state index contributed by atoms with van der Waals surface area (Å²) in [5.74, 6) is 0. The van der Waals surface area contributed by atoms with Gasteiger partial charge in [0.25, 0.3) is 0 Å². The zero-order valence-electron chi connectivity index (χ0n) is 11.8. The molecule has 2 nitrogen and oxygen atoms in total. The lowest BCUT2D eigenvalue weighted by Gasteiger charge is -2.34. The molecule has 0 fully saturated rings. The second kappa shape index (κ2) is 6.19. The molecule has 1 aromatic rings. The molecule has 0 spiro atoms. The van der Waals surface area contributed by atoms with Crippen molar-refractivity contribution in [2.75, 3.05) is 5.32 Å². The molecular formula is C15H24N2S. The van der Waals surface area contributed by atoms with Crippen molar-refractivity contribution in [3.05, 3.63) is 29.3 Å². The smallest absolute Gasteiger partial charge is 0.106 e. The Morgan fingerprint density at radius 3 is 2.22 bits per heavy atom. The predicted octanol–water partition coefficient (Wildman–Crippen LogP) is 4.01. The Bertz CT molecular complexity index is 414. The van der Waals surface area contributed by atoms with Crippen LogP contribution in [0.1, 0.15) is 51.2 Å². The Balaban J connectivity index is 3.16. The maximum absolute atomic E-state index is 5.80. The van der Waals surface area contributed by atoms with Crippen LogP contribution in [-0.2, 0) is 0 Å². The summed E-state index contributed by atoms with van der Waals surface area (Å²) in [5, 5.41) is 3.66. The summed E-state index contributed by atoms with van der Waals surface area (Å²) in [4.78, 5) is 0.453. The van der Waals surface area contributed by atoms with Gasteiger partial charge in [-0.2, -0.15) is 0 Å². The van der Waals surface area contributed by atoms with Crippen molar-refractivity contribution in [2.24, 2.45) is 5.73 Å². The van der Waals surface area contributed by atoms with Gasteiger partial charge in [0, 0.05) is 16.8 Å². The summed E-state index contributed by atoms with van der Waals surface area (Å²) < 4.78 is 0. The fraction of sp³-hybridized carbons (Fsp3) is 0.533. The minimum Gasteiger partial charge on any atom is -0.389 e. The van der Waals surface area contributed by atoms with Gasteiger partial charge in [0.15, 0.2) is 0 Å². The Hall–Kier alpha value is -1.09. The average molecular weight is 264 g/mol. The van der Waals surface area contributed by atoms with E-state index in [-0.39, 0.29) is 5.54 Å². The average Bonchev–Trinajstić information content (AvgIpc) is 2.36.